The topological polar surface area (TPSA) is 57.5 Å². The van der Waals surface area contributed by atoms with Crippen molar-refractivity contribution in [3.8, 4) is 12.3 Å². The summed E-state index contributed by atoms with van der Waals surface area (Å²) in [4.78, 5) is 11.8. The first kappa shape index (κ1) is 16.4. The monoisotopic (exact) mass is 328 g/mol. The lowest BCUT2D eigenvalue weighted by Gasteiger charge is -2.58. The van der Waals surface area contributed by atoms with Gasteiger partial charge in [-0.2, -0.15) is 0 Å². The normalized spacial score (nSPS) is 50.3. The number of fused-ring (bicyclic) bond motifs is 5. The number of rotatable bonds is 1. The van der Waals surface area contributed by atoms with Crippen LogP contribution in [0.25, 0.3) is 0 Å². The smallest absolute Gasteiger partial charge is 0.155 e. The Hall–Kier alpha value is -1.11. The molecule has 0 unspecified atom stereocenters. The molecular formula is C21H28O3. The second-order valence-electron chi connectivity index (χ2n) is 8.57. The molecule has 0 radical (unpaired) electrons. The lowest BCUT2D eigenvalue weighted by molar-refractivity contribution is -0.142. The molecule has 3 heteroatoms. The molecule has 0 spiro atoms. The molecule has 0 amide bonds. The second kappa shape index (κ2) is 5.19. The second-order valence-corrected chi connectivity index (χ2v) is 8.57. The first-order chi connectivity index (χ1) is 11.4. The third-order valence-electron chi connectivity index (χ3n) is 8.16. The maximum absolute atomic E-state index is 11.8. The number of terminal acetylenes is 1. The summed E-state index contributed by atoms with van der Waals surface area (Å²) in [5, 5.41) is 22.6. The number of carbonyl (C=O) groups is 1. The quantitative estimate of drug-likeness (QED) is 0.728. The van der Waals surface area contributed by atoms with E-state index in [1.807, 2.05) is 0 Å². The fraction of sp³-hybridized carbons (Fsp3) is 0.762. The molecule has 4 aliphatic rings. The Morgan fingerprint density at radius 3 is 2.62 bits per heavy atom. The van der Waals surface area contributed by atoms with Crippen LogP contribution in [-0.4, -0.2) is 27.2 Å². The summed E-state index contributed by atoms with van der Waals surface area (Å²) in [6, 6.07) is 0. The zero-order valence-electron chi connectivity index (χ0n) is 14.6. The van der Waals surface area contributed by atoms with Gasteiger partial charge in [0.25, 0.3) is 0 Å². The third kappa shape index (κ3) is 1.85. The number of hydrogen-bond acceptors (Lipinski definition) is 3. The van der Waals surface area contributed by atoms with Crippen LogP contribution in [-0.2, 0) is 4.79 Å². The van der Waals surface area contributed by atoms with Crippen molar-refractivity contribution >= 4 is 5.78 Å². The minimum absolute atomic E-state index is 0.161. The maximum atomic E-state index is 11.8. The summed E-state index contributed by atoms with van der Waals surface area (Å²) in [5.41, 5.74) is -1.01. The van der Waals surface area contributed by atoms with Gasteiger partial charge in [0.15, 0.2) is 5.78 Å². The Bertz CT molecular complexity index is 644. The average Bonchev–Trinajstić information content (AvgIpc) is 2.89. The standard InChI is InChI=1S/C21H28O3/c1-3-19-10-8-18-16(17(19)9-11-20(19,23)4-2)6-5-14-13-15(22)7-12-21(14,18)24/h2,13,16-18,23-24H,3,5-12H2,1H3/t16-,17-,18-,19-,20-,21+/m0/s1. The molecular weight excluding hydrogens is 300 g/mol. The number of ketones is 1. The molecule has 6 atom stereocenters. The van der Waals surface area contributed by atoms with E-state index in [4.69, 9.17) is 6.42 Å². The van der Waals surface area contributed by atoms with E-state index < -0.39 is 11.2 Å². The van der Waals surface area contributed by atoms with Crippen LogP contribution in [0.3, 0.4) is 0 Å². The molecule has 0 aliphatic heterocycles. The first-order valence-corrected chi connectivity index (χ1v) is 9.56. The van der Waals surface area contributed by atoms with E-state index in [9.17, 15) is 15.0 Å². The highest BCUT2D eigenvalue weighted by Gasteiger charge is 2.65. The van der Waals surface area contributed by atoms with Gasteiger partial charge in [-0.15, -0.1) is 6.42 Å². The largest absolute Gasteiger partial charge is 0.385 e. The van der Waals surface area contributed by atoms with Crippen LogP contribution in [0.1, 0.15) is 64.7 Å². The lowest BCUT2D eigenvalue weighted by Crippen LogP contribution is -2.58. The number of carbonyl (C=O) groups excluding carboxylic acids is 1. The summed E-state index contributed by atoms with van der Waals surface area (Å²) >= 11 is 0. The van der Waals surface area contributed by atoms with Gasteiger partial charge >= 0.3 is 0 Å². The maximum Gasteiger partial charge on any atom is 0.155 e. The molecule has 0 saturated heterocycles. The van der Waals surface area contributed by atoms with Crippen molar-refractivity contribution in [3.63, 3.8) is 0 Å². The summed E-state index contributed by atoms with van der Waals surface area (Å²) < 4.78 is 0. The summed E-state index contributed by atoms with van der Waals surface area (Å²) in [6.45, 7) is 2.16. The molecule has 0 aromatic rings. The van der Waals surface area contributed by atoms with Gasteiger partial charge in [0.05, 0.1) is 5.60 Å². The average molecular weight is 328 g/mol. The minimum Gasteiger partial charge on any atom is -0.385 e. The van der Waals surface area contributed by atoms with Gasteiger partial charge in [0, 0.05) is 11.8 Å². The molecule has 3 fully saturated rings. The van der Waals surface area contributed by atoms with E-state index in [-0.39, 0.29) is 17.1 Å². The predicted molar refractivity (Wildman–Crippen MR) is 92.0 cm³/mol. The number of hydrogen-bond donors (Lipinski definition) is 2. The SMILES string of the molecule is C#C[C@]1(O)CC[C@H]2[C@@H]3CCC4=CC(=O)CC[C@]4(O)[C@H]3CC[C@@]21CC. The summed E-state index contributed by atoms with van der Waals surface area (Å²) in [7, 11) is 0. The van der Waals surface area contributed by atoms with E-state index in [2.05, 4.69) is 12.8 Å². The van der Waals surface area contributed by atoms with Gasteiger partial charge in [0.1, 0.15) is 5.60 Å². The van der Waals surface area contributed by atoms with Gasteiger partial charge in [-0.1, -0.05) is 12.8 Å². The van der Waals surface area contributed by atoms with Gasteiger partial charge in [-0.05, 0) is 80.8 Å². The van der Waals surface area contributed by atoms with Crippen molar-refractivity contribution in [1.29, 1.82) is 0 Å². The highest BCUT2D eigenvalue weighted by molar-refractivity contribution is 5.92. The zero-order chi connectivity index (χ0) is 17.2. The van der Waals surface area contributed by atoms with Crippen molar-refractivity contribution in [3.05, 3.63) is 11.6 Å². The third-order valence-corrected chi connectivity index (χ3v) is 8.16. The van der Waals surface area contributed by atoms with Crippen molar-refractivity contribution < 1.29 is 15.0 Å². The van der Waals surface area contributed by atoms with Crippen molar-refractivity contribution in [2.45, 2.75) is 75.9 Å². The van der Waals surface area contributed by atoms with Crippen LogP contribution in [0.5, 0.6) is 0 Å². The Morgan fingerprint density at radius 1 is 1.17 bits per heavy atom. The molecule has 4 aliphatic carbocycles. The van der Waals surface area contributed by atoms with E-state index in [1.165, 1.54) is 0 Å². The van der Waals surface area contributed by atoms with Crippen LogP contribution in [0.15, 0.2) is 11.6 Å². The van der Waals surface area contributed by atoms with Crippen LogP contribution in [0.2, 0.25) is 0 Å². The van der Waals surface area contributed by atoms with E-state index in [0.717, 1.165) is 44.1 Å². The molecule has 3 nitrogen and oxygen atoms in total. The van der Waals surface area contributed by atoms with E-state index >= 15 is 0 Å². The predicted octanol–water partition coefficient (Wildman–Crippen LogP) is 3.00. The minimum atomic E-state index is -0.987. The Morgan fingerprint density at radius 2 is 1.92 bits per heavy atom. The highest BCUT2D eigenvalue weighted by Crippen LogP contribution is 2.66. The zero-order valence-corrected chi connectivity index (χ0v) is 14.6. The molecule has 3 saturated carbocycles. The lowest BCUT2D eigenvalue weighted by atomic mass is 9.48. The summed E-state index contributed by atoms with van der Waals surface area (Å²) in [5.74, 6) is 3.92. The molecule has 0 aromatic heterocycles. The Balaban J connectivity index is 1.72. The van der Waals surface area contributed by atoms with Crippen molar-refractivity contribution in [1.82, 2.24) is 0 Å². The summed E-state index contributed by atoms with van der Waals surface area (Å²) in [6.07, 6.45) is 14.7. The molecule has 4 rings (SSSR count). The van der Waals surface area contributed by atoms with Crippen LogP contribution >= 0.6 is 0 Å². The first-order valence-electron chi connectivity index (χ1n) is 9.56. The fourth-order valence-corrected chi connectivity index (χ4v) is 6.96. The molecule has 2 N–H and O–H groups in total. The molecule has 0 aromatic carbocycles. The molecule has 0 bridgehead atoms. The number of aliphatic hydroxyl groups is 2. The van der Waals surface area contributed by atoms with Crippen LogP contribution in [0, 0.1) is 35.5 Å². The van der Waals surface area contributed by atoms with Gasteiger partial charge in [-0.3, -0.25) is 4.79 Å². The van der Waals surface area contributed by atoms with Crippen LogP contribution in [0.4, 0.5) is 0 Å². The molecule has 24 heavy (non-hydrogen) atoms. The Labute approximate surface area is 144 Å². The molecule has 130 valence electrons. The fourth-order valence-electron chi connectivity index (χ4n) is 6.96. The van der Waals surface area contributed by atoms with Crippen molar-refractivity contribution in [2.75, 3.05) is 0 Å². The van der Waals surface area contributed by atoms with Crippen molar-refractivity contribution in [2.24, 2.45) is 23.2 Å². The highest BCUT2D eigenvalue weighted by atomic mass is 16.3. The van der Waals surface area contributed by atoms with Gasteiger partial charge in [0.2, 0.25) is 0 Å². The van der Waals surface area contributed by atoms with Gasteiger partial charge in [-0.25, -0.2) is 0 Å². The van der Waals surface area contributed by atoms with Crippen LogP contribution < -0.4 is 0 Å². The van der Waals surface area contributed by atoms with Gasteiger partial charge < -0.3 is 10.2 Å². The van der Waals surface area contributed by atoms with E-state index in [1.54, 1.807) is 6.08 Å². The Kier molecular flexibility index (Phi) is 3.54. The molecule has 0 heterocycles. The van der Waals surface area contributed by atoms with E-state index in [0.29, 0.717) is 31.1 Å².